The minimum absolute atomic E-state index is 0.0551. The molecule has 0 radical (unpaired) electrons. The van der Waals surface area contributed by atoms with E-state index in [1.54, 1.807) is 5.51 Å². The van der Waals surface area contributed by atoms with Gasteiger partial charge in [-0.05, 0) is 18.2 Å². The molecule has 2 aromatic rings. The summed E-state index contributed by atoms with van der Waals surface area (Å²) < 4.78 is 1.78. The van der Waals surface area contributed by atoms with Crippen molar-refractivity contribution in [3.63, 3.8) is 0 Å². The van der Waals surface area contributed by atoms with Crippen LogP contribution in [0.25, 0.3) is 0 Å². The van der Waals surface area contributed by atoms with Crippen LogP contribution >= 0.6 is 39.0 Å². The van der Waals surface area contributed by atoms with Crippen LogP contribution in [-0.2, 0) is 0 Å². The lowest BCUT2D eigenvalue weighted by atomic mass is 10.2. The first kappa shape index (κ1) is 11.6. The summed E-state index contributed by atoms with van der Waals surface area (Å²) in [7, 11) is 0. The maximum absolute atomic E-state index is 7.49. The van der Waals surface area contributed by atoms with Gasteiger partial charge in [-0.3, -0.25) is 5.41 Å². The minimum Gasteiger partial charge on any atom is -0.384 e. The summed E-state index contributed by atoms with van der Waals surface area (Å²) in [5.74, 6) is 0.0551. The Labute approximate surface area is 109 Å². The largest absolute Gasteiger partial charge is 0.384 e. The molecule has 0 aliphatic carbocycles. The van der Waals surface area contributed by atoms with Gasteiger partial charge in [0, 0.05) is 14.9 Å². The van der Waals surface area contributed by atoms with Crippen molar-refractivity contribution in [3.8, 4) is 0 Å². The van der Waals surface area contributed by atoms with Crippen LogP contribution in [0.5, 0.6) is 0 Å². The highest BCUT2D eigenvalue weighted by molar-refractivity contribution is 9.10. The molecule has 0 unspecified atom stereocenters. The Morgan fingerprint density at radius 3 is 2.94 bits per heavy atom. The van der Waals surface area contributed by atoms with Crippen LogP contribution < -0.4 is 5.73 Å². The predicted molar refractivity (Wildman–Crippen MR) is 69.2 cm³/mol. The Hall–Kier alpha value is -0.920. The zero-order valence-corrected chi connectivity index (χ0v) is 11.2. The van der Waals surface area contributed by atoms with Crippen molar-refractivity contribution in [2.24, 2.45) is 5.73 Å². The molecule has 16 heavy (non-hydrogen) atoms. The lowest BCUT2D eigenvalue weighted by Crippen LogP contribution is -2.12. The van der Waals surface area contributed by atoms with Gasteiger partial charge < -0.3 is 5.73 Å². The van der Waals surface area contributed by atoms with Crippen LogP contribution in [-0.4, -0.2) is 16.0 Å². The molecule has 0 fully saturated rings. The number of hydrogen-bond donors (Lipinski definition) is 2. The van der Waals surface area contributed by atoms with Gasteiger partial charge >= 0.3 is 0 Å². The topological polar surface area (TPSA) is 75.7 Å². The van der Waals surface area contributed by atoms with E-state index < -0.39 is 0 Å². The van der Waals surface area contributed by atoms with E-state index in [0.717, 1.165) is 13.7 Å². The SMILES string of the molecule is N=C(N)c1ccc(Br)cc1Sc1nncs1. The van der Waals surface area contributed by atoms with Crippen LogP contribution in [0.2, 0.25) is 0 Å². The number of hydrogen-bond acceptors (Lipinski definition) is 5. The van der Waals surface area contributed by atoms with E-state index in [0.29, 0.717) is 5.56 Å². The van der Waals surface area contributed by atoms with Crippen molar-refractivity contribution in [1.29, 1.82) is 5.41 Å². The number of nitrogen functional groups attached to an aromatic ring is 1. The number of nitrogens with zero attached hydrogens (tertiary/aromatic N) is 2. The highest BCUT2D eigenvalue weighted by Gasteiger charge is 2.09. The standard InChI is InChI=1S/C9H7BrN4S2/c10-5-1-2-6(8(11)12)7(3-5)16-9-14-13-4-15-9/h1-4H,(H3,11,12). The van der Waals surface area contributed by atoms with Crippen molar-refractivity contribution in [3.05, 3.63) is 33.7 Å². The normalized spacial score (nSPS) is 10.3. The smallest absolute Gasteiger partial charge is 0.178 e. The van der Waals surface area contributed by atoms with Gasteiger partial charge in [-0.2, -0.15) is 0 Å². The van der Waals surface area contributed by atoms with Gasteiger partial charge in [0.15, 0.2) is 4.34 Å². The molecule has 0 saturated heterocycles. The van der Waals surface area contributed by atoms with Crippen molar-refractivity contribution in [2.45, 2.75) is 9.24 Å². The molecule has 2 rings (SSSR count). The summed E-state index contributed by atoms with van der Waals surface area (Å²) in [4.78, 5) is 0.902. The third kappa shape index (κ3) is 2.60. The van der Waals surface area contributed by atoms with Gasteiger partial charge in [-0.25, -0.2) is 0 Å². The van der Waals surface area contributed by atoms with Gasteiger partial charge in [-0.15, -0.1) is 10.2 Å². The zero-order chi connectivity index (χ0) is 11.5. The second-order valence-corrected chi connectivity index (χ2v) is 5.90. The van der Waals surface area contributed by atoms with Crippen LogP contribution in [0.3, 0.4) is 0 Å². The second kappa shape index (κ2) is 4.94. The molecule has 4 nitrogen and oxygen atoms in total. The average Bonchev–Trinajstić information content (AvgIpc) is 2.70. The molecule has 0 atom stereocenters. The predicted octanol–water partition coefficient (Wildman–Crippen LogP) is 2.74. The third-order valence-electron chi connectivity index (χ3n) is 1.77. The zero-order valence-electron chi connectivity index (χ0n) is 7.98. The molecule has 0 aliphatic heterocycles. The summed E-state index contributed by atoms with van der Waals surface area (Å²) in [6.45, 7) is 0. The van der Waals surface area contributed by atoms with Crippen LogP contribution in [0, 0.1) is 5.41 Å². The quantitative estimate of drug-likeness (QED) is 0.674. The molecule has 7 heteroatoms. The molecule has 0 spiro atoms. The van der Waals surface area contributed by atoms with Gasteiger partial charge in [-0.1, -0.05) is 39.0 Å². The fraction of sp³-hybridized carbons (Fsp3) is 0. The molecule has 0 amide bonds. The maximum atomic E-state index is 7.49. The average molecular weight is 315 g/mol. The van der Waals surface area contributed by atoms with Gasteiger partial charge in [0.05, 0.1) is 0 Å². The molecule has 0 bridgehead atoms. The van der Waals surface area contributed by atoms with Crippen molar-refractivity contribution >= 4 is 44.9 Å². The van der Waals surface area contributed by atoms with Crippen LogP contribution in [0.1, 0.15) is 5.56 Å². The van der Waals surface area contributed by atoms with Gasteiger partial charge in [0.1, 0.15) is 11.3 Å². The number of rotatable bonds is 3. The number of benzene rings is 1. The van der Waals surface area contributed by atoms with Crippen LogP contribution in [0.4, 0.5) is 0 Å². The Balaban J connectivity index is 2.38. The number of nitrogens with one attached hydrogen (secondary N) is 1. The molecular formula is C9H7BrN4S2. The molecule has 1 aromatic carbocycles. The Kier molecular flexibility index (Phi) is 3.57. The fourth-order valence-corrected chi connectivity index (χ4v) is 3.24. The Morgan fingerprint density at radius 1 is 1.50 bits per heavy atom. The first-order chi connectivity index (χ1) is 7.66. The van der Waals surface area contributed by atoms with Crippen LogP contribution in [0.15, 0.2) is 37.4 Å². The summed E-state index contributed by atoms with van der Waals surface area (Å²) in [5.41, 5.74) is 7.90. The molecule has 82 valence electrons. The van der Waals surface area contributed by atoms with Crippen molar-refractivity contribution in [2.75, 3.05) is 0 Å². The van der Waals surface area contributed by atoms with E-state index in [1.807, 2.05) is 18.2 Å². The highest BCUT2D eigenvalue weighted by Crippen LogP contribution is 2.32. The number of amidine groups is 1. The first-order valence-electron chi connectivity index (χ1n) is 4.25. The van der Waals surface area contributed by atoms with E-state index >= 15 is 0 Å². The second-order valence-electron chi connectivity index (χ2n) is 2.86. The summed E-state index contributed by atoms with van der Waals surface area (Å²) >= 11 is 6.31. The van der Waals surface area contributed by atoms with E-state index in [2.05, 4.69) is 26.1 Å². The highest BCUT2D eigenvalue weighted by atomic mass is 79.9. The number of halogens is 1. The monoisotopic (exact) mass is 314 g/mol. The molecule has 1 heterocycles. The molecule has 0 saturated carbocycles. The van der Waals surface area contributed by atoms with Gasteiger partial charge in [0.25, 0.3) is 0 Å². The maximum Gasteiger partial charge on any atom is 0.178 e. The number of nitrogens with two attached hydrogens (primary N) is 1. The van der Waals surface area contributed by atoms with E-state index in [4.69, 9.17) is 11.1 Å². The van der Waals surface area contributed by atoms with Crippen molar-refractivity contribution in [1.82, 2.24) is 10.2 Å². The lowest BCUT2D eigenvalue weighted by molar-refractivity contribution is 1.01. The van der Waals surface area contributed by atoms with Crippen molar-refractivity contribution < 1.29 is 0 Å². The molecule has 3 N–H and O–H groups in total. The van der Waals surface area contributed by atoms with Gasteiger partial charge in [0.2, 0.25) is 0 Å². The van der Waals surface area contributed by atoms with E-state index in [9.17, 15) is 0 Å². The summed E-state index contributed by atoms with van der Waals surface area (Å²) in [5, 5.41) is 15.2. The summed E-state index contributed by atoms with van der Waals surface area (Å²) in [6.07, 6.45) is 0. The Bertz CT molecular complexity index is 512. The molecular weight excluding hydrogens is 308 g/mol. The Morgan fingerprint density at radius 2 is 2.31 bits per heavy atom. The van der Waals surface area contributed by atoms with E-state index in [-0.39, 0.29) is 5.84 Å². The molecule has 0 aliphatic rings. The molecule has 1 aromatic heterocycles. The lowest BCUT2D eigenvalue weighted by Gasteiger charge is -2.06. The summed E-state index contributed by atoms with van der Waals surface area (Å²) in [6, 6.07) is 5.60. The minimum atomic E-state index is 0.0551. The third-order valence-corrected chi connectivity index (χ3v) is 4.10. The van der Waals surface area contributed by atoms with E-state index in [1.165, 1.54) is 23.1 Å². The fourth-order valence-electron chi connectivity index (χ4n) is 1.10. The first-order valence-corrected chi connectivity index (χ1v) is 6.73. The number of aromatic nitrogens is 2.